The van der Waals surface area contributed by atoms with Crippen molar-refractivity contribution in [2.75, 3.05) is 26.4 Å². The number of amides is 1. The molecule has 0 aliphatic carbocycles. The van der Waals surface area contributed by atoms with E-state index in [-0.39, 0.29) is 18.9 Å². The van der Waals surface area contributed by atoms with Gasteiger partial charge in [-0.05, 0) is 70.6 Å². The van der Waals surface area contributed by atoms with Crippen molar-refractivity contribution in [2.24, 2.45) is 0 Å². The smallest absolute Gasteiger partial charge is 0.220 e. The number of carbonyl (C=O) groups is 1. The second-order valence-corrected chi connectivity index (χ2v) is 24.2. The predicted octanol–water partition coefficient (Wildman–Crippen LogP) is 8.55. The molecule has 0 radical (unpaired) electrons. The number of nitrogens with one attached hydrogen (secondary N) is 1. The lowest BCUT2D eigenvalue weighted by atomic mass is 9.96. The van der Waals surface area contributed by atoms with Crippen LogP contribution in [0, 0.1) is 0 Å². The largest absolute Gasteiger partial charge is 0.394 e. The predicted molar refractivity (Wildman–Crippen MR) is 341 cm³/mol. The second kappa shape index (κ2) is 50.7. The molecule has 3 aliphatic rings. The average molecular weight is 1250 g/mol. The first-order valence-corrected chi connectivity index (χ1v) is 34.2. The molecule has 0 aromatic carbocycles. The molecule has 0 spiro atoms. The van der Waals surface area contributed by atoms with Crippen LogP contribution in [0.5, 0.6) is 0 Å². The van der Waals surface area contributed by atoms with E-state index in [9.17, 15) is 61.0 Å². The van der Waals surface area contributed by atoms with Gasteiger partial charge < -0.3 is 89.9 Å². The minimum Gasteiger partial charge on any atom is -0.394 e. The molecule has 19 heteroatoms. The van der Waals surface area contributed by atoms with Crippen LogP contribution in [-0.2, 0) is 33.2 Å². The summed E-state index contributed by atoms with van der Waals surface area (Å²) >= 11 is 0. The van der Waals surface area contributed by atoms with Crippen LogP contribution in [0.3, 0.4) is 0 Å². The third-order valence-electron chi connectivity index (χ3n) is 16.7. The number of hydrogen-bond acceptors (Lipinski definition) is 18. The van der Waals surface area contributed by atoms with Crippen LogP contribution < -0.4 is 5.32 Å². The molecule has 510 valence electrons. The Labute approximate surface area is 528 Å². The van der Waals surface area contributed by atoms with E-state index in [1.807, 2.05) is 6.08 Å². The van der Waals surface area contributed by atoms with Crippen molar-refractivity contribution < 1.29 is 89.4 Å². The lowest BCUT2D eigenvalue weighted by molar-refractivity contribution is -0.379. The van der Waals surface area contributed by atoms with E-state index in [0.717, 1.165) is 70.6 Å². The van der Waals surface area contributed by atoms with Crippen LogP contribution in [0.4, 0.5) is 0 Å². The number of ether oxygens (including phenoxy) is 6. The van der Waals surface area contributed by atoms with Crippen LogP contribution in [0.15, 0.2) is 72.9 Å². The summed E-state index contributed by atoms with van der Waals surface area (Å²) in [5.41, 5.74) is 0. The van der Waals surface area contributed by atoms with E-state index >= 15 is 0 Å². The molecule has 12 N–H and O–H groups in total. The first kappa shape index (κ1) is 79.5. The first-order chi connectivity index (χ1) is 42.8. The number of aliphatic hydroxyl groups excluding tert-OH is 11. The molecule has 17 atom stereocenters. The lowest BCUT2D eigenvalue weighted by Crippen LogP contribution is -2.66. The van der Waals surface area contributed by atoms with E-state index in [4.69, 9.17) is 28.4 Å². The highest BCUT2D eigenvalue weighted by atomic mass is 16.8. The molecule has 3 fully saturated rings. The molecule has 3 rings (SSSR count). The average Bonchev–Trinajstić information content (AvgIpc) is 3.72. The lowest BCUT2D eigenvalue weighted by Gasteiger charge is -2.48. The summed E-state index contributed by atoms with van der Waals surface area (Å²) in [4.78, 5) is 13.4. The fourth-order valence-corrected chi connectivity index (χ4v) is 11.2. The molecule has 0 saturated carbocycles. The highest BCUT2D eigenvalue weighted by Crippen LogP contribution is 2.33. The monoisotopic (exact) mass is 1250 g/mol. The number of unbranched alkanes of at least 4 members (excludes halogenated alkanes) is 25. The Hall–Kier alpha value is -2.77. The third kappa shape index (κ3) is 32.7. The Morgan fingerprint density at radius 3 is 1.27 bits per heavy atom. The highest BCUT2D eigenvalue weighted by molar-refractivity contribution is 5.76. The maximum absolute atomic E-state index is 13.4. The van der Waals surface area contributed by atoms with Crippen molar-refractivity contribution in [1.82, 2.24) is 5.32 Å². The van der Waals surface area contributed by atoms with Crippen molar-refractivity contribution in [2.45, 2.75) is 330 Å². The van der Waals surface area contributed by atoms with Crippen LogP contribution in [0.1, 0.15) is 226 Å². The molecule has 0 aromatic heterocycles. The number of hydrogen-bond donors (Lipinski definition) is 12. The molecule has 3 heterocycles. The van der Waals surface area contributed by atoms with Crippen molar-refractivity contribution in [3.8, 4) is 0 Å². The van der Waals surface area contributed by atoms with E-state index in [1.54, 1.807) is 6.08 Å². The van der Waals surface area contributed by atoms with E-state index < -0.39 is 124 Å². The second-order valence-electron chi connectivity index (χ2n) is 24.2. The maximum Gasteiger partial charge on any atom is 0.220 e. The van der Waals surface area contributed by atoms with E-state index in [1.165, 1.54) is 122 Å². The van der Waals surface area contributed by atoms with Gasteiger partial charge in [-0.1, -0.05) is 222 Å². The SMILES string of the molecule is CC/C=C\C/C=C\C/C=C\C/C=C\CCCCCCC(=O)NC(COC1OC(CO)C(OC2OC(CO)C(OC3OC(CO)C(O)C(O)C3O)C(O)C2O)C(O)C1O)C(O)/C=C/CC/C=C/CCCCCCCCCCCCCCCCCCCCCC. The topological polar surface area (TPSA) is 307 Å². The molecule has 17 unspecified atom stereocenters. The van der Waals surface area contributed by atoms with Gasteiger partial charge in [-0.2, -0.15) is 0 Å². The van der Waals surface area contributed by atoms with Crippen molar-refractivity contribution in [3.05, 3.63) is 72.9 Å². The zero-order valence-electron chi connectivity index (χ0n) is 53.7. The van der Waals surface area contributed by atoms with Gasteiger partial charge in [0, 0.05) is 6.42 Å². The van der Waals surface area contributed by atoms with Gasteiger partial charge in [0.1, 0.15) is 73.2 Å². The van der Waals surface area contributed by atoms with Crippen molar-refractivity contribution >= 4 is 5.91 Å². The fourth-order valence-electron chi connectivity index (χ4n) is 11.2. The minimum absolute atomic E-state index is 0.204. The minimum atomic E-state index is -1.99. The summed E-state index contributed by atoms with van der Waals surface area (Å²) in [6, 6.07) is -1.01. The Morgan fingerprint density at radius 2 is 0.795 bits per heavy atom. The third-order valence-corrected chi connectivity index (χ3v) is 16.7. The van der Waals surface area contributed by atoms with Crippen LogP contribution >= 0.6 is 0 Å². The standard InChI is InChI=1S/C69H121NO18/c1-3-5-7-9-11-13-15-17-19-21-22-23-24-25-26-27-28-29-31-32-34-36-38-40-42-44-46-53(74)52(70-57(75)47-45-43-41-39-37-35-33-30-20-18-16-14-12-10-8-6-4-2)51-83-67-63(81)60(78)65(55(49-72)85-67)88-69-64(82)61(79)66(56(50-73)86-69)87-68-62(80)59(77)58(76)54(48-71)84-68/h6,8,12,14,18,20,33,35-36,38,44,46,52-56,58-69,71-74,76-82H,3-5,7,9-11,13,15-17,19,21-32,34,37,39-43,45,47-51H2,1-2H3,(H,70,75)/b8-6-,14-12-,20-18-,35-33-,38-36+,46-44+. The van der Waals surface area contributed by atoms with Gasteiger partial charge >= 0.3 is 0 Å². The zero-order valence-corrected chi connectivity index (χ0v) is 53.7. The molecule has 0 bridgehead atoms. The van der Waals surface area contributed by atoms with Gasteiger partial charge in [-0.25, -0.2) is 0 Å². The summed E-state index contributed by atoms with van der Waals surface area (Å²) in [5, 5.41) is 120. The van der Waals surface area contributed by atoms with Gasteiger partial charge in [-0.15, -0.1) is 0 Å². The van der Waals surface area contributed by atoms with Gasteiger partial charge in [0.25, 0.3) is 0 Å². The molecular weight excluding hydrogens is 1130 g/mol. The molecule has 19 nitrogen and oxygen atoms in total. The van der Waals surface area contributed by atoms with Gasteiger partial charge in [0.2, 0.25) is 5.91 Å². The summed E-state index contributed by atoms with van der Waals surface area (Å²) in [7, 11) is 0. The number of aliphatic hydroxyl groups is 11. The van der Waals surface area contributed by atoms with Crippen molar-refractivity contribution in [3.63, 3.8) is 0 Å². The fraction of sp³-hybridized carbons (Fsp3) is 0.812. The molecule has 88 heavy (non-hydrogen) atoms. The molecule has 0 aromatic rings. The van der Waals surface area contributed by atoms with Crippen LogP contribution in [0.2, 0.25) is 0 Å². The Morgan fingerprint density at radius 1 is 0.420 bits per heavy atom. The highest BCUT2D eigenvalue weighted by Gasteiger charge is 2.53. The van der Waals surface area contributed by atoms with Gasteiger partial charge in [0.15, 0.2) is 18.9 Å². The molecular formula is C69H121NO18. The quantitative estimate of drug-likeness (QED) is 0.0200. The molecule has 1 amide bonds. The Kier molecular flexibility index (Phi) is 45.8. The Bertz CT molecular complexity index is 1880. The van der Waals surface area contributed by atoms with Gasteiger partial charge in [0.05, 0.1) is 38.6 Å². The van der Waals surface area contributed by atoms with Crippen LogP contribution in [0.25, 0.3) is 0 Å². The summed E-state index contributed by atoms with van der Waals surface area (Å²) in [6.07, 6.45) is 36.0. The normalized spacial score (nSPS) is 28.9. The number of carbonyl (C=O) groups excluding carboxylic acids is 1. The zero-order chi connectivity index (χ0) is 64.0. The van der Waals surface area contributed by atoms with Crippen molar-refractivity contribution in [1.29, 1.82) is 0 Å². The molecule has 3 saturated heterocycles. The number of allylic oxidation sites excluding steroid dienone is 11. The maximum atomic E-state index is 13.4. The van der Waals surface area contributed by atoms with E-state index in [2.05, 4.69) is 79.9 Å². The summed E-state index contributed by atoms with van der Waals surface area (Å²) in [5.74, 6) is -0.310. The first-order valence-electron chi connectivity index (χ1n) is 34.2. The Balaban J connectivity index is 1.46. The molecule has 3 aliphatic heterocycles. The number of rotatable bonds is 51. The van der Waals surface area contributed by atoms with Crippen LogP contribution in [-0.4, -0.2) is 193 Å². The summed E-state index contributed by atoms with van der Waals surface area (Å²) in [6.45, 7) is 1.58. The summed E-state index contributed by atoms with van der Waals surface area (Å²) < 4.78 is 34.3. The van der Waals surface area contributed by atoms with E-state index in [0.29, 0.717) is 12.8 Å². The van der Waals surface area contributed by atoms with Gasteiger partial charge in [-0.3, -0.25) is 4.79 Å².